The summed E-state index contributed by atoms with van der Waals surface area (Å²) in [5, 5.41) is 3.53. The first-order valence-corrected chi connectivity index (χ1v) is 6.73. The van der Waals surface area contributed by atoms with Crippen LogP contribution in [0.5, 0.6) is 5.75 Å². The molecule has 0 bridgehead atoms. The molecular formula is C15H20N2O. The average molecular weight is 244 g/mol. The van der Waals surface area contributed by atoms with Crippen molar-refractivity contribution in [2.45, 2.75) is 25.7 Å². The first kappa shape index (κ1) is 11.7. The van der Waals surface area contributed by atoms with Crippen molar-refractivity contribution in [2.75, 3.05) is 20.2 Å². The van der Waals surface area contributed by atoms with Crippen molar-refractivity contribution < 1.29 is 4.74 Å². The number of aromatic nitrogens is 1. The van der Waals surface area contributed by atoms with Crippen LogP contribution in [0.2, 0.25) is 0 Å². The zero-order valence-corrected chi connectivity index (χ0v) is 10.9. The van der Waals surface area contributed by atoms with Crippen LogP contribution in [0.4, 0.5) is 0 Å². The van der Waals surface area contributed by atoms with E-state index in [4.69, 9.17) is 4.74 Å². The Labute approximate surface area is 108 Å². The number of methoxy groups -OCH3 is 1. The molecule has 3 heteroatoms. The molecule has 1 aromatic heterocycles. The van der Waals surface area contributed by atoms with Gasteiger partial charge in [0.25, 0.3) is 0 Å². The summed E-state index contributed by atoms with van der Waals surface area (Å²) in [6.07, 6.45) is 11.2. The van der Waals surface area contributed by atoms with Crippen LogP contribution in [0.15, 0.2) is 24.5 Å². The molecule has 96 valence electrons. The summed E-state index contributed by atoms with van der Waals surface area (Å²) in [5.41, 5.74) is 3.05. The molecule has 0 saturated carbocycles. The van der Waals surface area contributed by atoms with Crippen LogP contribution in [0, 0.1) is 5.41 Å². The molecule has 1 fully saturated rings. The maximum Gasteiger partial charge on any atom is 0.137 e. The third kappa shape index (κ3) is 2.15. The monoisotopic (exact) mass is 244 g/mol. The number of ether oxygens (including phenoxy) is 1. The van der Waals surface area contributed by atoms with E-state index in [0.29, 0.717) is 5.41 Å². The Morgan fingerprint density at radius 2 is 2.28 bits per heavy atom. The number of rotatable bonds is 2. The molecule has 0 aromatic carbocycles. The minimum Gasteiger partial charge on any atom is -0.495 e. The smallest absolute Gasteiger partial charge is 0.137 e. The Hall–Kier alpha value is -1.35. The molecule has 18 heavy (non-hydrogen) atoms. The number of pyridine rings is 1. The van der Waals surface area contributed by atoms with Crippen LogP contribution in [0.1, 0.15) is 31.2 Å². The van der Waals surface area contributed by atoms with Crippen molar-refractivity contribution in [1.29, 1.82) is 0 Å². The summed E-state index contributed by atoms with van der Waals surface area (Å²) in [6, 6.07) is 2.09. The van der Waals surface area contributed by atoms with E-state index >= 15 is 0 Å². The molecule has 2 heterocycles. The van der Waals surface area contributed by atoms with E-state index in [1.807, 2.05) is 6.20 Å². The van der Waals surface area contributed by atoms with Crippen molar-refractivity contribution in [2.24, 2.45) is 5.41 Å². The minimum absolute atomic E-state index is 0.399. The normalized spacial score (nSPS) is 27.3. The van der Waals surface area contributed by atoms with Gasteiger partial charge in [-0.3, -0.25) is 4.98 Å². The van der Waals surface area contributed by atoms with Crippen molar-refractivity contribution >= 4 is 5.57 Å². The number of nitrogens with one attached hydrogen (secondary N) is 1. The SMILES string of the molecule is COc1cncc(C2=CC3(CCCNC3)CC2)c1. The Bertz CT molecular complexity index is 461. The summed E-state index contributed by atoms with van der Waals surface area (Å²) in [6.45, 7) is 2.31. The highest BCUT2D eigenvalue weighted by Gasteiger charge is 2.34. The molecule has 1 spiro atoms. The molecule has 1 aromatic rings. The summed E-state index contributed by atoms with van der Waals surface area (Å²) in [7, 11) is 1.69. The van der Waals surface area contributed by atoms with E-state index in [1.165, 1.54) is 36.9 Å². The van der Waals surface area contributed by atoms with E-state index in [1.54, 1.807) is 13.3 Å². The number of piperidine rings is 1. The fourth-order valence-corrected chi connectivity index (χ4v) is 3.16. The van der Waals surface area contributed by atoms with Crippen LogP contribution < -0.4 is 10.1 Å². The molecule has 0 radical (unpaired) electrons. The fraction of sp³-hybridized carbons (Fsp3) is 0.533. The highest BCUT2D eigenvalue weighted by molar-refractivity contribution is 5.68. The van der Waals surface area contributed by atoms with E-state index in [0.717, 1.165) is 18.7 Å². The van der Waals surface area contributed by atoms with Gasteiger partial charge in [-0.2, -0.15) is 0 Å². The standard InChI is InChI=1S/C15H20N2O/c1-18-14-7-13(9-17-10-14)12-3-5-15(8-12)4-2-6-16-11-15/h7-10,16H,2-6,11H2,1H3. The van der Waals surface area contributed by atoms with Gasteiger partial charge in [-0.25, -0.2) is 0 Å². The first-order valence-electron chi connectivity index (χ1n) is 6.73. The van der Waals surface area contributed by atoms with Crippen LogP contribution in [0.25, 0.3) is 5.57 Å². The molecule has 1 aliphatic carbocycles. The van der Waals surface area contributed by atoms with Gasteiger partial charge >= 0.3 is 0 Å². The van der Waals surface area contributed by atoms with Crippen LogP contribution >= 0.6 is 0 Å². The molecule has 3 rings (SSSR count). The second kappa shape index (κ2) is 4.73. The molecule has 0 amide bonds. The Balaban J connectivity index is 1.86. The zero-order chi connectivity index (χ0) is 12.4. The quantitative estimate of drug-likeness (QED) is 0.868. The van der Waals surface area contributed by atoms with Crippen molar-refractivity contribution in [3.8, 4) is 5.75 Å². The summed E-state index contributed by atoms with van der Waals surface area (Å²) < 4.78 is 5.25. The third-order valence-corrected chi connectivity index (χ3v) is 4.20. The van der Waals surface area contributed by atoms with Gasteiger partial charge in [0.1, 0.15) is 5.75 Å². The van der Waals surface area contributed by atoms with Crippen LogP contribution in [-0.4, -0.2) is 25.2 Å². The van der Waals surface area contributed by atoms with Gasteiger partial charge in [0.2, 0.25) is 0 Å². The molecule has 3 nitrogen and oxygen atoms in total. The van der Waals surface area contributed by atoms with Gasteiger partial charge in [-0.15, -0.1) is 0 Å². The van der Waals surface area contributed by atoms with Gasteiger partial charge in [0, 0.05) is 18.2 Å². The molecule has 1 N–H and O–H groups in total. The first-order chi connectivity index (χ1) is 8.81. The molecular weight excluding hydrogens is 224 g/mol. The van der Waals surface area contributed by atoms with Gasteiger partial charge in [-0.05, 0) is 49.4 Å². The van der Waals surface area contributed by atoms with Crippen molar-refractivity contribution in [1.82, 2.24) is 10.3 Å². The summed E-state index contributed by atoms with van der Waals surface area (Å²) >= 11 is 0. The number of hydrogen-bond donors (Lipinski definition) is 1. The van der Waals surface area contributed by atoms with E-state index in [9.17, 15) is 0 Å². The fourth-order valence-electron chi connectivity index (χ4n) is 3.16. The molecule has 1 aliphatic heterocycles. The lowest BCUT2D eigenvalue weighted by Gasteiger charge is -2.32. The highest BCUT2D eigenvalue weighted by atomic mass is 16.5. The molecule has 1 atom stereocenters. The Morgan fingerprint density at radius 1 is 1.33 bits per heavy atom. The van der Waals surface area contributed by atoms with Gasteiger partial charge in [0.15, 0.2) is 0 Å². The van der Waals surface area contributed by atoms with Crippen molar-refractivity contribution in [3.05, 3.63) is 30.1 Å². The maximum atomic E-state index is 5.25. The number of allylic oxidation sites excluding steroid dienone is 1. The maximum absolute atomic E-state index is 5.25. The number of hydrogen-bond acceptors (Lipinski definition) is 3. The third-order valence-electron chi connectivity index (χ3n) is 4.20. The summed E-state index contributed by atoms with van der Waals surface area (Å²) in [4.78, 5) is 4.25. The lowest BCUT2D eigenvalue weighted by Crippen LogP contribution is -2.37. The lowest BCUT2D eigenvalue weighted by molar-refractivity contribution is 0.274. The van der Waals surface area contributed by atoms with Gasteiger partial charge < -0.3 is 10.1 Å². The second-order valence-corrected chi connectivity index (χ2v) is 5.43. The van der Waals surface area contributed by atoms with Gasteiger partial charge in [-0.1, -0.05) is 6.08 Å². The second-order valence-electron chi connectivity index (χ2n) is 5.43. The highest BCUT2D eigenvalue weighted by Crippen LogP contribution is 2.44. The lowest BCUT2D eigenvalue weighted by atomic mass is 9.80. The predicted molar refractivity (Wildman–Crippen MR) is 72.5 cm³/mol. The minimum atomic E-state index is 0.399. The van der Waals surface area contributed by atoms with Crippen LogP contribution in [0.3, 0.4) is 0 Å². The predicted octanol–water partition coefficient (Wildman–Crippen LogP) is 2.64. The molecule has 1 saturated heterocycles. The van der Waals surface area contributed by atoms with E-state index in [2.05, 4.69) is 22.4 Å². The molecule has 2 aliphatic rings. The molecule has 1 unspecified atom stereocenters. The average Bonchev–Trinajstić information content (AvgIpc) is 2.83. The topological polar surface area (TPSA) is 34.1 Å². The Morgan fingerprint density at radius 3 is 3.06 bits per heavy atom. The summed E-state index contributed by atoms with van der Waals surface area (Å²) in [5.74, 6) is 0.844. The zero-order valence-electron chi connectivity index (χ0n) is 10.9. The van der Waals surface area contributed by atoms with E-state index < -0.39 is 0 Å². The Kier molecular flexibility index (Phi) is 3.08. The van der Waals surface area contributed by atoms with Crippen LogP contribution in [-0.2, 0) is 0 Å². The largest absolute Gasteiger partial charge is 0.495 e. The van der Waals surface area contributed by atoms with Crippen molar-refractivity contribution in [3.63, 3.8) is 0 Å². The van der Waals surface area contributed by atoms with E-state index in [-0.39, 0.29) is 0 Å². The van der Waals surface area contributed by atoms with Gasteiger partial charge in [0.05, 0.1) is 13.3 Å². The number of nitrogens with zero attached hydrogens (tertiary/aromatic N) is 1.